The third-order valence-corrected chi connectivity index (χ3v) is 1.82. The molecule has 4 heteroatoms. The topological polar surface area (TPSA) is 52.6 Å². The monoisotopic (exact) mass is 214 g/mol. The molecule has 4 nitrogen and oxygen atoms in total. The van der Waals surface area contributed by atoms with Gasteiger partial charge in [-0.3, -0.25) is 9.59 Å². The highest BCUT2D eigenvalue weighted by Crippen LogP contribution is 2.18. The Morgan fingerprint density at radius 3 is 1.67 bits per heavy atom. The number of allylic oxidation sites excluding steroid dienone is 1. The summed E-state index contributed by atoms with van der Waals surface area (Å²) in [5, 5.41) is 0. The van der Waals surface area contributed by atoms with Crippen molar-refractivity contribution in [2.45, 2.75) is 40.9 Å². The van der Waals surface area contributed by atoms with E-state index in [2.05, 4.69) is 0 Å². The molecule has 0 aromatic rings. The van der Waals surface area contributed by atoms with Crippen LogP contribution >= 0.6 is 0 Å². The molecule has 0 heterocycles. The highest BCUT2D eigenvalue weighted by atomic mass is 16.7. The molecular formula is C11H18O4. The maximum atomic E-state index is 10.8. The van der Waals surface area contributed by atoms with Gasteiger partial charge >= 0.3 is 11.9 Å². The fraction of sp³-hybridized carbons (Fsp3) is 0.636. The van der Waals surface area contributed by atoms with Crippen molar-refractivity contribution >= 4 is 11.9 Å². The van der Waals surface area contributed by atoms with E-state index in [0.717, 1.165) is 5.57 Å². The molecule has 0 saturated carbocycles. The largest absolute Gasteiger partial charge is 0.421 e. The summed E-state index contributed by atoms with van der Waals surface area (Å²) in [5.74, 6) is -0.791. The Hall–Kier alpha value is -1.32. The quantitative estimate of drug-likeness (QED) is 0.408. The molecule has 0 aromatic carbocycles. The van der Waals surface area contributed by atoms with Crippen LogP contribution in [0.3, 0.4) is 0 Å². The first-order valence-corrected chi connectivity index (χ1v) is 4.89. The lowest BCUT2D eigenvalue weighted by molar-refractivity contribution is -0.178. The highest BCUT2D eigenvalue weighted by molar-refractivity contribution is 5.68. The van der Waals surface area contributed by atoms with Crippen LogP contribution in [0.15, 0.2) is 11.6 Å². The van der Waals surface area contributed by atoms with Gasteiger partial charge in [0, 0.05) is 19.4 Å². The van der Waals surface area contributed by atoms with E-state index in [9.17, 15) is 9.59 Å². The Labute approximate surface area is 90.2 Å². The Morgan fingerprint density at radius 2 is 1.47 bits per heavy atom. The summed E-state index contributed by atoms with van der Waals surface area (Å²) in [6, 6.07) is 0. The standard InChI is InChI=1S/C11H18O4/c1-6-10(7(2)3)11(14-8(4)12)15-9(5)13/h6-7,11H,1-5H3. The minimum atomic E-state index is -0.898. The number of rotatable bonds is 4. The molecule has 86 valence electrons. The van der Waals surface area contributed by atoms with Crippen LogP contribution in [0.2, 0.25) is 0 Å². The second-order valence-electron chi connectivity index (χ2n) is 3.49. The average molecular weight is 214 g/mol. The molecule has 0 atom stereocenters. The molecule has 0 saturated heterocycles. The smallest absolute Gasteiger partial charge is 0.305 e. The van der Waals surface area contributed by atoms with E-state index >= 15 is 0 Å². The van der Waals surface area contributed by atoms with Crippen molar-refractivity contribution in [1.29, 1.82) is 0 Å². The maximum Gasteiger partial charge on any atom is 0.305 e. The van der Waals surface area contributed by atoms with Crippen molar-refractivity contribution in [2.75, 3.05) is 0 Å². The Morgan fingerprint density at radius 1 is 1.07 bits per heavy atom. The van der Waals surface area contributed by atoms with Gasteiger partial charge in [-0.05, 0) is 12.8 Å². The van der Waals surface area contributed by atoms with Gasteiger partial charge in [-0.25, -0.2) is 0 Å². The second-order valence-corrected chi connectivity index (χ2v) is 3.49. The predicted octanol–water partition coefficient (Wildman–Crippen LogP) is 2.04. The first kappa shape index (κ1) is 13.7. The molecule has 0 fully saturated rings. The predicted molar refractivity (Wildman–Crippen MR) is 55.9 cm³/mol. The van der Waals surface area contributed by atoms with E-state index in [-0.39, 0.29) is 5.92 Å². The highest BCUT2D eigenvalue weighted by Gasteiger charge is 2.22. The van der Waals surface area contributed by atoms with Crippen LogP contribution in [0.5, 0.6) is 0 Å². The molecule has 0 radical (unpaired) electrons. The zero-order valence-corrected chi connectivity index (χ0v) is 9.87. The first-order chi connectivity index (χ1) is 6.88. The lowest BCUT2D eigenvalue weighted by Crippen LogP contribution is -2.26. The molecule has 0 aliphatic carbocycles. The summed E-state index contributed by atoms with van der Waals surface area (Å²) < 4.78 is 9.85. The van der Waals surface area contributed by atoms with E-state index in [1.165, 1.54) is 13.8 Å². The number of hydrogen-bond donors (Lipinski definition) is 0. The lowest BCUT2D eigenvalue weighted by Gasteiger charge is -2.21. The Kier molecular flexibility index (Phi) is 5.67. The fourth-order valence-electron chi connectivity index (χ4n) is 1.20. The Balaban J connectivity index is 4.74. The van der Waals surface area contributed by atoms with E-state index in [1.54, 1.807) is 6.08 Å². The van der Waals surface area contributed by atoms with Crippen molar-refractivity contribution in [1.82, 2.24) is 0 Å². The van der Waals surface area contributed by atoms with Crippen LogP contribution in [-0.2, 0) is 19.1 Å². The number of ether oxygens (including phenoxy) is 2. The molecule has 0 amide bonds. The van der Waals surface area contributed by atoms with Crippen LogP contribution < -0.4 is 0 Å². The van der Waals surface area contributed by atoms with Crippen molar-refractivity contribution in [2.24, 2.45) is 5.92 Å². The summed E-state index contributed by atoms with van der Waals surface area (Å²) in [5.41, 5.74) is 0.778. The maximum absolute atomic E-state index is 10.8. The van der Waals surface area contributed by atoms with E-state index in [1.807, 2.05) is 20.8 Å². The van der Waals surface area contributed by atoms with Crippen molar-refractivity contribution < 1.29 is 19.1 Å². The van der Waals surface area contributed by atoms with Gasteiger partial charge in [0.25, 0.3) is 6.29 Å². The number of carbonyl (C=O) groups excluding carboxylic acids is 2. The second kappa shape index (κ2) is 6.22. The normalized spacial score (nSPS) is 11.8. The van der Waals surface area contributed by atoms with Gasteiger partial charge in [-0.1, -0.05) is 19.9 Å². The summed E-state index contributed by atoms with van der Waals surface area (Å²) in [7, 11) is 0. The summed E-state index contributed by atoms with van der Waals surface area (Å²) >= 11 is 0. The summed E-state index contributed by atoms with van der Waals surface area (Å²) in [4.78, 5) is 21.7. The van der Waals surface area contributed by atoms with Crippen molar-refractivity contribution in [3.63, 3.8) is 0 Å². The van der Waals surface area contributed by atoms with Gasteiger partial charge in [0.2, 0.25) is 0 Å². The molecule has 0 rings (SSSR count). The molecule has 0 N–H and O–H groups in total. The lowest BCUT2D eigenvalue weighted by atomic mass is 10.0. The minimum Gasteiger partial charge on any atom is -0.421 e. The summed E-state index contributed by atoms with van der Waals surface area (Å²) in [6.07, 6.45) is 0.895. The molecular weight excluding hydrogens is 196 g/mol. The van der Waals surface area contributed by atoms with Gasteiger partial charge in [0.05, 0.1) is 0 Å². The molecule has 0 bridgehead atoms. The SMILES string of the molecule is CC=C(C(C)C)C(OC(C)=O)OC(C)=O. The minimum absolute atomic E-state index is 0.152. The zero-order valence-electron chi connectivity index (χ0n) is 9.87. The van der Waals surface area contributed by atoms with Crippen molar-refractivity contribution in [3.05, 3.63) is 11.6 Å². The number of carbonyl (C=O) groups is 2. The Bertz CT molecular complexity index is 250. The summed E-state index contributed by atoms with van der Waals surface area (Å²) in [6.45, 7) is 8.26. The van der Waals surface area contributed by atoms with Crippen LogP contribution in [0, 0.1) is 5.92 Å². The van der Waals surface area contributed by atoms with Gasteiger partial charge < -0.3 is 9.47 Å². The first-order valence-electron chi connectivity index (χ1n) is 4.89. The number of esters is 2. The van der Waals surface area contributed by atoms with Crippen molar-refractivity contribution in [3.8, 4) is 0 Å². The van der Waals surface area contributed by atoms with Crippen LogP contribution in [-0.4, -0.2) is 18.2 Å². The van der Waals surface area contributed by atoms with E-state index in [4.69, 9.17) is 9.47 Å². The van der Waals surface area contributed by atoms with Gasteiger partial charge in [-0.15, -0.1) is 0 Å². The average Bonchev–Trinajstić information content (AvgIpc) is 2.01. The van der Waals surface area contributed by atoms with E-state index in [0.29, 0.717) is 0 Å². The molecule has 0 spiro atoms. The van der Waals surface area contributed by atoms with Gasteiger partial charge in [0.1, 0.15) is 0 Å². The molecule has 0 aromatic heterocycles. The van der Waals surface area contributed by atoms with Gasteiger partial charge in [0.15, 0.2) is 0 Å². The van der Waals surface area contributed by atoms with Crippen LogP contribution in [0.25, 0.3) is 0 Å². The van der Waals surface area contributed by atoms with Crippen LogP contribution in [0.1, 0.15) is 34.6 Å². The molecule has 0 aliphatic heterocycles. The van der Waals surface area contributed by atoms with Gasteiger partial charge in [-0.2, -0.15) is 0 Å². The van der Waals surface area contributed by atoms with E-state index < -0.39 is 18.2 Å². The molecule has 15 heavy (non-hydrogen) atoms. The van der Waals surface area contributed by atoms with Crippen LogP contribution in [0.4, 0.5) is 0 Å². The number of hydrogen-bond acceptors (Lipinski definition) is 4. The fourth-order valence-corrected chi connectivity index (χ4v) is 1.20. The third kappa shape index (κ3) is 5.20. The third-order valence-electron chi connectivity index (χ3n) is 1.82. The zero-order chi connectivity index (χ0) is 12.0. The molecule has 0 aliphatic rings. The molecule has 0 unspecified atom stereocenters.